The summed E-state index contributed by atoms with van der Waals surface area (Å²) in [4.78, 5) is 9.84. The van der Waals surface area contributed by atoms with E-state index in [0.29, 0.717) is 0 Å². The van der Waals surface area contributed by atoms with Crippen LogP contribution >= 0.6 is 0 Å². The molecule has 0 unspecified atom stereocenters. The number of nitrogens with one attached hydrogen (secondary N) is 2. The van der Waals surface area contributed by atoms with Gasteiger partial charge in [-0.1, -0.05) is 46.5 Å². The molecule has 0 saturated carbocycles. The summed E-state index contributed by atoms with van der Waals surface area (Å²) in [5, 5.41) is 12.4. The van der Waals surface area contributed by atoms with E-state index in [2.05, 4.69) is 111 Å². The zero-order valence-corrected chi connectivity index (χ0v) is 23.4. The average molecular weight is 513 g/mol. The molecule has 4 heteroatoms. The van der Waals surface area contributed by atoms with Crippen LogP contribution in [0.2, 0.25) is 0 Å². The molecule has 0 bridgehead atoms. The maximum Gasteiger partial charge on any atom is 0.0730 e. The molecule has 0 radical (unpaired) electrons. The molecule has 0 fully saturated rings. The van der Waals surface area contributed by atoms with E-state index < -0.39 is 0 Å². The van der Waals surface area contributed by atoms with Crippen molar-refractivity contribution in [2.75, 3.05) is 23.7 Å². The number of pyridine rings is 2. The average Bonchev–Trinajstić information content (AvgIpc) is 2.92. The Bertz CT molecular complexity index is 1580. The summed E-state index contributed by atoms with van der Waals surface area (Å²) in [6.07, 6.45) is 3.37. The molecular formula is C35H36N4. The van der Waals surface area contributed by atoms with Crippen molar-refractivity contribution in [1.82, 2.24) is 9.97 Å². The van der Waals surface area contributed by atoms with E-state index >= 15 is 0 Å². The Labute approximate surface area is 230 Å². The Kier molecular flexibility index (Phi) is 6.78. The van der Waals surface area contributed by atoms with Crippen LogP contribution in [-0.2, 0) is 0 Å². The van der Waals surface area contributed by atoms with Crippen LogP contribution in [0.5, 0.6) is 0 Å². The topological polar surface area (TPSA) is 49.8 Å². The van der Waals surface area contributed by atoms with Gasteiger partial charge in [0, 0.05) is 34.6 Å². The van der Waals surface area contributed by atoms with Gasteiger partial charge >= 0.3 is 0 Å². The molecule has 0 amide bonds. The van der Waals surface area contributed by atoms with Gasteiger partial charge in [0.2, 0.25) is 0 Å². The smallest absolute Gasteiger partial charge is 0.0730 e. The van der Waals surface area contributed by atoms with Crippen LogP contribution in [0.15, 0.2) is 72.8 Å². The van der Waals surface area contributed by atoms with E-state index in [1.807, 2.05) is 0 Å². The van der Waals surface area contributed by atoms with Crippen molar-refractivity contribution in [3.63, 3.8) is 0 Å². The largest absolute Gasteiger partial charge is 0.384 e. The summed E-state index contributed by atoms with van der Waals surface area (Å²) in [6, 6.07) is 26.1. The van der Waals surface area contributed by atoms with E-state index in [9.17, 15) is 0 Å². The third-order valence-corrected chi connectivity index (χ3v) is 7.62. The molecule has 0 saturated heterocycles. The van der Waals surface area contributed by atoms with Gasteiger partial charge in [0.25, 0.3) is 0 Å². The van der Waals surface area contributed by atoms with Crippen LogP contribution in [-0.4, -0.2) is 23.1 Å². The molecule has 0 atom stereocenters. The third kappa shape index (κ3) is 5.12. The number of hydrogen-bond donors (Lipinski definition) is 2. The van der Waals surface area contributed by atoms with Crippen LogP contribution in [0.1, 0.15) is 41.5 Å². The number of nitrogens with zero attached hydrogens (tertiary/aromatic N) is 2. The maximum atomic E-state index is 4.92. The summed E-state index contributed by atoms with van der Waals surface area (Å²) in [6.45, 7) is 10.5. The molecule has 0 spiro atoms. The summed E-state index contributed by atoms with van der Waals surface area (Å²) in [7, 11) is 0. The quantitative estimate of drug-likeness (QED) is 0.158. The van der Waals surface area contributed by atoms with Crippen molar-refractivity contribution in [2.24, 2.45) is 0 Å². The predicted octanol–water partition coefficient (Wildman–Crippen LogP) is 9.02. The van der Waals surface area contributed by atoms with Gasteiger partial charge in [0.05, 0.1) is 33.4 Å². The van der Waals surface area contributed by atoms with Gasteiger partial charge in [-0.15, -0.1) is 0 Å². The van der Waals surface area contributed by atoms with Gasteiger partial charge in [-0.3, -0.25) is 0 Å². The molecular weight excluding hydrogens is 476 g/mol. The van der Waals surface area contributed by atoms with Crippen molar-refractivity contribution in [2.45, 2.75) is 47.0 Å². The monoisotopic (exact) mass is 512 g/mol. The highest BCUT2D eigenvalue weighted by Crippen LogP contribution is 2.33. The van der Waals surface area contributed by atoms with Crippen molar-refractivity contribution >= 4 is 55.0 Å². The van der Waals surface area contributed by atoms with E-state index in [-0.39, 0.29) is 0 Å². The second kappa shape index (κ2) is 10.5. The Hall–Kier alpha value is -4.18. The molecule has 6 aromatic rings. The van der Waals surface area contributed by atoms with Gasteiger partial charge in [-0.05, 0) is 95.5 Å². The van der Waals surface area contributed by atoms with E-state index in [4.69, 9.17) is 9.97 Å². The lowest BCUT2D eigenvalue weighted by Crippen LogP contribution is -2.07. The second-order valence-corrected chi connectivity index (χ2v) is 11.0. The zero-order chi connectivity index (χ0) is 26.9. The van der Waals surface area contributed by atoms with Gasteiger partial charge in [-0.25, -0.2) is 9.97 Å². The van der Waals surface area contributed by atoms with Crippen molar-refractivity contribution < 1.29 is 0 Å². The Morgan fingerprint density at radius 2 is 0.744 bits per heavy atom. The number of unbranched alkanes of at least 4 members (excludes halogenated alkanes) is 2. The van der Waals surface area contributed by atoms with Crippen molar-refractivity contribution in [3.8, 4) is 0 Å². The highest BCUT2D eigenvalue weighted by molar-refractivity contribution is 6.08. The normalized spacial score (nSPS) is 11.6. The van der Waals surface area contributed by atoms with Gasteiger partial charge < -0.3 is 10.6 Å². The van der Waals surface area contributed by atoms with Gasteiger partial charge in [0.1, 0.15) is 0 Å². The molecule has 4 aromatic carbocycles. The highest BCUT2D eigenvalue weighted by atomic mass is 14.9. The van der Waals surface area contributed by atoms with Crippen LogP contribution in [0.4, 0.5) is 11.4 Å². The lowest BCUT2D eigenvalue weighted by Gasteiger charge is -2.15. The van der Waals surface area contributed by atoms with E-state index in [1.54, 1.807) is 0 Å². The van der Waals surface area contributed by atoms with Crippen LogP contribution in [0, 0.1) is 27.7 Å². The molecule has 2 N–H and O–H groups in total. The lowest BCUT2D eigenvalue weighted by molar-refractivity contribution is 0.722. The Balaban J connectivity index is 1.14. The van der Waals surface area contributed by atoms with Gasteiger partial charge in [-0.2, -0.15) is 0 Å². The summed E-state index contributed by atoms with van der Waals surface area (Å²) in [5.74, 6) is 0. The second-order valence-electron chi connectivity index (χ2n) is 11.0. The van der Waals surface area contributed by atoms with Crippen LogP contribution in [0.25, 0.3) is 43.6 Å². The fourth-order valence-electron chi connectivity index (χ4n) is 5.57. The number of aryl methyl sites for hydroxylation is 4. The molecule has 2 aromatic heterocycles. The maximum absolute atomic E-state index is 4.92. The molecule has 0 aliphatic heterocycles. The Morgan fingerprint density at radius 3 is 1.05 bits per heavy atom. The molecule has 4 nitrogen and oxygen atoms in total. The minimum atomic E-state index is 0.940. The molecule has 2 heterocycles. The fraction of sp³-hybridized carbons (Fsp3) is 0.257. The first-order chi connectivity index (χ1) is 19.0. The number of fused-ring (bicyclic) bond motifs is 4. The number of hydrogen-bond acceptors (Lipinski definition) is 4. The zero-order valence-electron chi connectivity index (χ0n) is 23.4. The first-order valence-electron chi connectivity index (χ1n) is 14.1. The molecule has 0 aliphatic carbocycles. The van der Waals surface area contributed by atoms with Gasteiger partial charge in [0.15, 0.2) is 0 Å². The molecule has 6 rings (SSSR count). The summed E-state index contributed by atoms with van der Waals surface area (Å²) < 4.78 is 0. The number of rotatable bonds is 8. The first kappa shape index (κ1) is 25.1. The van der Waals surface area contributed by atoms with E-state index in [0.717, 1.165) is 54.4 Å². The number of benzene rings is 4. The molecule has 0 aliphatic rings. The summed E-state index contributed by atoms with van der Waals surface area (Å²) in [5.41, 5.74) is 11.6. The fourth-order valence-corrected chi connectivity index (χ4v) is 5.57. The number of aromatic nitrogens is 2. The summed E-state index contributed by atoms with van der Waals surface area (Å²) >= 11 is 0. The minimum absolute atomic E-state index is 0.940. The predicted molar refractivity (Wildman–Crippen MR) is 168 cm³/mol. The SMILES string of the molecule is Cc1ccc2nc3ccc(C)cc3c(NCCCCCNc3c4cc(C)ccc4nc4ccc(C)cc34)c2c1. The standard InChI is InChI=1S/C35H36N4/c1-22-8-12-30-26(18-22)34(27-19-23(2)9-13-31(27)38-30)36-16-6-5-7-17-37-35-28-20-24(3)10-14-32(28)39-33-15-11-25(4)21-29(33)35/h8-15,18-21H,5-7,16-17H2,1-4H3,(H,36,38)(H,37,39). The minimum Gasteiger partial charge on any atom is -0.384 e. The van der Waals surface area contributed by atoms with Crippen molar-refractivity contribution in [3.05, 3.63) is 95.1 Å². The van der Waals surface area contributed by atoms with E-state index in [1.165, 1.54) is 55.2 Å². The first-order valence-corrected chi connectivity index (χ1v) is 14.1. The van der Waals surface area contributed by atoms with Crippen molar-refractivity contribution in [1.29, 1.82) is 0 Å². The third-order valence-electron chi connectivity index (χ3n) is 7.62. The van der Waals surface area contributed by atoms with Crippen LogP contribution in [0.3, 0.4) is 0 Å². The molecule has 39 heavy (non-hydrogen) atoms. The Morgan fingerprint density at radius 1 is 0.436 bits per heavy atom. The highest BCUT2D eigenvalue weighted by Gasteiger charge is 2.11. The lowest BCUT2D eigenvalue weighted by atomic mass is 10.0. The number of anilines is 2. The van der Waals surface area contributed by atoms with Crippen LogP contribution < -0.4 is 10.6 Å². The molecule has 196 valence electrons.